The lowest BCUT2D eigenvalue weighted by Gasteiger charge is -1.96. The summed E-state index contributed by atoms with van der Waals surface area (Å²) in [7, 11) is 0. The van der Waals surface area contributed by atoms with Gasteiger partial charge in [-0.25, -0.2) is 0 Å². The second kappa shape index (κ2) is 3.16. The van der Waals surface area contributed by atoms with E-state index >= 15 is 0 Å². The van der Waals surface area contributed by atoms with Crippen molar-refractivity contribution in [3.05, 3.63) is 31.7 Å². The molecule has 0 fully saturated rings. The van der Waals surface area contributed by atoms with Crippen LogP contribution in [0.3, 0.4) is 0 Å². The zero-order chi connectivity index (χ0) is 8.72. The molecule has 0 saturated carbocycles. The Balaban J connectivity index is 2.92. The van der Waals surface area contributed by atoms with Gasteiger partial charge in [0, 0.05) is 3.57 Å². The third kappa shape index (κ3) is 1.36. The number of thiophene rings is 1. The quantitative estimate of drug-likeness (QED) is 0.630. The molecular weight excluding hydrogens is 303 g/mol. The molecule has 0 radical (unpaired) electrons. The SMILES string of the molecule is Cc1csc2c(Cl)cc(I)cc12. The lowest BCUT2D eigenvalue weighted by atomic mass is 10.2. The monoisotopic (exact) mass is 308 g/mol. The van der Waals surface area contributed by atoms with Crippen molar-refractivity contribution in [1.82, 2.24) is 0 Å². The topological polar surface area (TPSA) is 0 Å². The molecule has 62 valence electrons. The highest BCUT2D eigenvalue weighted by Gasteiger charge is 2.04. The predicted octanol–water partition coefficient (Wildman–Crippen LogP) is 4.47. The molecule has 1 heterocycles. The minimum absolute atomic E-state index is 0.870. The van der Waals surface area contributed by atoms with Crippen molar-refractivity contribution in [2.45, 2.75) is 6.92 Å². The third-order valence-electron chi connectivity index (χ3n) is 1.79. The van der Waals surface area contributed by atoms with Crippen molar-refractivity contribution in [3.63, 3.8) is 0 Å². The van der Waals surface area contributed by atoms with Gasteiger partial charge in [-0.05, 0) is 58.0 Å². The standard InChI is InChI=1S/C9H6ClIS/c1-5-4-12-9-7(5)2-6(11)3-8(9)10/h2-4H,1H3. The first-order chi connectivity index (χ1) is 5.68. The Kier molecular flexibility index (Phi) is 2.31. The number of hydrogen-bond donors (Lipinski definition) is 0. The first-order valence-electron chi connectivity index (χ1n) is 3.51. The van der Waals surface area contributed by atoms with Gasteiger partial charge in [-0.2, -0.15) is 0 Å². The smallest absolute Gasteiger partial charge is 0.0594 e. The van der Waals surface area contributed by atoms with Crippen LogP contribution in [0.15, 0.2) is 17.5 Å². The van der Waals surface area contributed by atoms with Gasteiger partial charge in [0.2, 0.25) is 0 Å². The van der Waals surface area contributed by atoms with Gasteiger partial charge in [-0.1, -0.05) is 11.6 Å². The maximum absolute atomic E-state index is 6.08. The van der Waals surface area contributed by atoms with Crippen LogP contribution in [-0.4, -0.2) is 0 Å². The molecular formula is C9H6ClIS. The molecule has 1 aromatic heterocycles. The number of rotatable bonds is 0. The van der Waals surface area contributed by atoms with Gasteiger partial charge in [0.1, 0.15) is 0 Å². The zero-order valence-electron chi connectivity index (χ0n) is 6.40. The van der Waals surface area contributed by atoms with Gasteiger partial charge in [0.15, 0.2) is 0 Å². The molecule has 0 spiro atoms. The first kappa shape index (κ1) is 8.78. The molecule has 0 bridgehead atoms. The van der Waals surface area contributed by atoms with Gasteiger partial charge in [0.05, 0.1) is 9.72 Å². The van der Waals surface area contributed by atoms with Crippen LogP contribution >= 0.6 is 45.5 Å². The summed E-state index contributed by atoms with van der Waals surface area (Å²) in [6.07, 6.45) is 0. The normalized spacial score (nSPS) is 10.9. The fourth-order valence-corrected chi connectivity index (χ4v) is 3.28. The Morgan fingerprint density at radius 2 is 2.17 bits per heavy atom. The van der Waals surface area contributed by atoms with Crippen LogP contribution in [0.1, 0.15) is 5.56 Å². The summed E-state index contributed by atoms with van der Waals surface area (Å²) in [6, 6.07) is 4.17. The van der Waals surface area contributed by atoms with E-state index in [1.165, 1.54) is 19.2 Å². The van der Waals surface area contributed by atoms with E-state index in [4.69, 9.17) is 11.6 Å². The van der Waals surface area contributed by atoms with Gasteiger partial charge in [-0.15, -0.1) is 11.3 Å². The summed E-state index contributed by atoms with van der Waals surface area (Å²) >= 11 is 10.1. The molecule has 12 heavy (non-hydrogen) atoms. The van der Waals surface area contributed by atoms with E-state index in [-0.39, 0.29) is 0 Å². The van der Waals surface area contributed by atoms with E-state index in [9.17, 15) is 0 Å². The maximum atomic E-state index is 6.08. The van der Waals surface area contributed by atoms with Crippen LogP contribution in [0.2, 0.25) is 5.02 Å². The van der Waals surface area contributed by atoms with Crippen molar-refractivity contribution >= 4 is 55.6 Å². The number of halogens is 2. The number of hydrogen-bond acceptors (Lipinski definition) is 1. The Hall–Kier alpha value is 0.200. The summed E-state index contributed by atoms with van der Waals surface area (Å²) in [4.78, 5) is 0. The predicted molar refractivity (Wildman–Crippen MR) is 64.3 cm³/mol. The van der Waals surface area contributed by atoms with E-state index < -0.39 is 0 Å². The summed E-state index contributed by atoms with van der Waals surface area (Å²) in [5.74, 6) is 0. The number of benzene rings is 1. The van der Waals surface area contributed by atoms with Crippen LogP contribution < -0.4 is 0 Å². The summed E-state index contributed by atoms with van der Waals surface area (Å²) in [5, 5.41) is 4.30. The molecule has 1 aromatic carbocycles. The summed E-state index contributed by atoms with van der Waals surface area (Å²) in [6.45, 7) is 2.12. The van der Waals surface area contributed by atoms with Crippen LogP contribution in [0.4, 0.5) is 0 Å². The third-order valence-corrected chi connectivity index (χ3v) is 3.97. The van der Waals surface area contributed by atoms with Crippen LogP contribution in [-0.2, 0) is 0 Å². The van der Waals surface area contributed by atoms with E-state index in [0.29, 0.717) is 0 Å². The average molecular weight is 309 g/mol. The molecule has 0 aliphatic rings. The molecule has 2 aromatic rings. The summed E-state index contributed by atoms with van der Waals surface area (Å²) in [5.41, 5.74) is 1.32. The second-order valence-electron chi connectivity index (χ2n) is 2.68. The molecule has 0 unspecified atom stereocenters. The van der Waals surface area contributed by atoms with Gasteiger partial charge < -0.3 is 0 Å². The first-order valence-corrected chi connectivity index (χ1v) is 5.85. The minimum Gasteiger partial charge on any atom is -0.142 e. The molecule has 0 aliphatic carbocycles. The van der Waals surface area contributed by atoms with E-state index in [0.717, 1.165) is 5.02 Å². The Morgan fingerprint density at radius 3 is 2.92 bits per heavy atom. The molecule has 2 rings (SSSR count). The molecule has 0 N–H and O–H groups in total. The van der Waals surface area contributed by atoms with Gasteiger partial charge in [-0.3, -0.25) is 0 Å². The fourth-order valence-electron chi connectivity index (χ4n) is 1.18. The van der Waals surface area contributed by atoms with Crippen LogP contribution in [0, 0.1) is 10.5 Å². The van der Waals surface area contributed by atoms with Gasteiger partial charge in [0.25, 0.3) is 0 Å². The van der Waals surface area contributed by atoms with Gasteiger partial charge >= 0.3 is 0 Å². The summed E-state index contributed by atoms with van der Waals surface area (Å²) < 4.78 is 2.40. The van der Waals surface area contributed by atoms with Crippen molar-refractivity contribution in [1.29, 1.82) is 0 Å². The Bertz CT molecular complexity index is 433. The van der Waals surface area contributed by atoms with Crippen molar-refractivity contribution < 1.29 is 0 Å². The Morgan fingerprint density at radius 1 is 1.42 bits per heavy atom. The van der Waals surface area contributed by atoms with Crippen molar-refractivity contribution in [3.8, 4) is 0 Å². The molecule has 0 amide bonds. The lowest BCUT2D eigenvalue weighted by molar-refractivity contribution is 1.59. The zero-order valence-corrected chi connectivity index (χ0v) is 10.1. The molecule has 0 saturated heterocycles. The Labute approximate surface area is 93.7 Å². The second-order valence-corrected chi connectivity index (χ2v) is 5.22. The highest BCUT2D eigenvalue weighted by molar-refractivity contribution is 14.1. The van der Waals surface area contributed by atoms with E-state index in [1.807, 2.05) is 6.07 Å². The van der Waals surface area contributed by atoms with Crippen molar-refractivity contribution in [2.75, 3.05) is 0 Å². The van der Waals surface area contributed by atoms with Crippen LogP contribution in [0.25, 0.3) is 10.1 Å². The van der Waals surface area contributed by atoms with Crippen molar-refractivity contribution in [2.24, 2.45) is 0 Å². The maximum Gasteiger partial charge on any atom is 0.0594 e. The fraction of sp³-hybridized carbons (Fsp3) is 0.111. The number of fused-ring (bicyclic) bond motifs is 1. The minimum atomic E-state index is 0.870. The number of aryl methyl sites for hydroxylation is 1. The molecule has 0 nitrogen and oxygen atoms in total. The van der Waals surface area contributed by atoms with E-state index in [1.54, 1.807) is 11.3 Å². The highest BCUT2D eigenvalue weighted by Crippen LogP contribution is 2.33. The van der Waals surface area contributed by atoms with Crippen LogP contribution in [0.5, 0.6) is 0 Å². The van der Waals surface area contributed by atoms with E-state index in [2.05, 4.69) is 41.0 Å². The largest absolute Gasteiger partial charge is 0.142 e. The molecule has 0 atom stereocenters. The highest BCUT2D eigenvalue weighted by atomic mass is 127. The molecule has 3 heteroatoms. The molecule has 0 aliphatic heterocycles. The average Bonchev–Trinajstić information content (AvgIpc) is 2.33. The lowest BCUT2D eigenvalue weighted by Crippen LogP contribution is -1.73.